The van der Waals surface area contributed by atoms with E-state index in [0.717, 1.165) is 109 Å². The number of quaternary nitrogens is 1. The highest BCUT2D eigenvalue weighted by Gasteiger charge is 2.28. The fourth-order valence-electron chi connectivity index (χ4n) is 7.45. The number of unbranched alkanes of at least 4 members (excludes halogenated alkanes) is 18. The lowest BCUT2D eigenvalue weighted by molar-refractivity contribution is -0.870. The number of aliphatic hydroxyl groups excluding tert-OH is 1. The zero-order chi connectivity index (χ0) is 50.6. The molecule has 0 spiro atoms. The van der Waals surface area contributed by atoms with Gasteiger partial charge in [-0.05, 0) is 83.5 Å². The van der Waals surface area contributed by atoms with E-state index in [9.17, 15) is 19.4 Å². The summed E-state index contributed by atoms with van der Waals surface area (Å²) in [4.78, 5) is 23.3. The van der Waals surface area contributed by atoms with Crippen molar-refractivity contribution in [3.63, 3.8) is 0 Å². The summed E-state index contributed by atoms with van der Waals surface area (Å²) in [5.74, 6) is -0.161. The van der Waals surface area contributed by atoms with Crippen molar-refractivity contribution < 1.29 is 32.9 Å². The first-order valence-corrected chi connectivity index (χ1v) is 29.2. The fraction of sp³-hybridized carbons (Fsp3) is 0.683. The molecule has 0 aromatic rings. The molecule has 396 valence electrons. The maximum absolute atomic E-state index is 13.0. The number of rotatable bonds is 49. The van der Waals surface area contributed by atoms with E-state index in [4.69, 9.17) is 9.05 Å². The highest BCUT2D eigenvalue weighted by atomic mass is 31.2. The minimum atomic E-state index is -4.33. The summed E-state index contributed by atoms with van der Waals surface area (Å²) in [5.41, 5.74) is 0. The minimum absolute atomic E-state index is 0.0668. The van der Waals surface area contributed by atoms with E-state index in [1.807, 2.05) is 21.1 Å². The quantitative estimate of drug-likeness (QED) is 0.0243. The fourth-order valence-corrected chi connectivity index (χ4v) is 8.19. The Labute approximate surface area is 425 Å². The average molecular weight is 982 g/mol. The van der Waals surface area contributed by atoms with Gasteiger partial charge in [0.05, 0.1) is 39.9 Å². The van der Waals surface area contributed by atoms with Crippen LogP contribution in [0.2, 0.25) is 0 Å². The molecule has 3 atom stereocenters. The molecule has 1 amide bonds. The van der Waals surface area contributed by atoms with Crippen LogP contribution < -0.4 is 5.32 Å². The molecule has 3 N–H and O–H groups in total. The molecule has 3 unspecified atom stereocenters. The summed E-state index contributed by atoms with van der Waals surface area (Å²) in [6.07, 6.45) is 72.8. The summed E-state index contributed by atoms with van der Waals surface area (Å²) in [6, 6.07) is -0.773. The third kappa shape index (κ3) is 52.8. The Bertz CT molecular complexity index is 1490. The van der Waals surface area contributed by atoms with E-state index < -0.39 is 20.0 Å². The van der Waals surface area contributed by atoms with Crippen LogP contribution in [0.15, 0.2) is 109 Å². The van der Waals surface area contributed by atoms with Gasteiger partial charge in [0.15, 0.2) is 0 Å². The molecule has 0 rings (SSSR count). The van der Waals surface area contributed by atoms with Gasteiger partial charge in [-0.25, -0.2) is 4.57 Å². The molecule has 0 aliphatic rings. The Balaban J connectivity index is 4.15. The summed E-state index contributed by atoms with van der Waals surface area (Å²) < 4.78 is 23.7. The molecule has 0 aliphatic carbocycles. The van der Waals surface area contributed by atoms with Crippen LogP contribution >= 0.6 is 7.82 Å². The molecule has 0 saturated carbocycles. The number of amides is 1. The third-order valence-corrected chi connectivity index (χ3v) is 12.8. The monoisotopic (exact) mass is 982 g/mol. The SMILES string of the molecule is CC/C=C\C/C=C\C/C=C\C/C=C\C/C=C\C/C=C\C/C=C\C/C=C\C/C=C\CCCCCCCCCC(=O)NC(COP(=O)(O)OCC[N+](C)(C)C)C(O)CCCCCCCCCCCCCC. The molecule has 0 fully saturated rings. The van der Waals surface area contributed by atoms with E-state index >= 15 is 0 Å². The molecule has 9 heteroatoms. The zero-order valence-electron chi connectivity index (χ0n) is 45.0. The van der Waals surface area contributed by atoms with Gasteiger partial charge >= 0.3 is 7.82 Å². The van der Waals surface area contributed by atoms with Crippen molar-refractivity contribution in [3.05, 3.63) is 109 Å². The van der Waals surface area contributed by atoms with Gasteiger partial charge < -0.3 is 19.8 Å². The number of hydrogen-bond acceptors (Lipinski definition) is 5. The number of allylic oxidation sites excluding steroid dienone is 18. The highest BCUT2D eigenvalue weighted by molar-refractivity contribution is 7.47. The predicted octanol–water partition coefficient (Wildman–Crippen LogP) is 16.8. The first kappa shape index (κ1) is 66.2. The average Bonchev–Trinajstić information content (AvgIpc) is 3.31. The Hall–Kier alpha value is -2.84. The molecule has 69 heavy (non-hydrogen) atoms. The van der Waals surface area contributed by atoms with E-state index in [-0.39, 0.29) is 19.1 Å². The van der Waals surface area contributed by atoms with Crippen LogP contribution in [0.1, 0.15) is 213 Å². The summed E-state index contributed by atoms with van der Waals surface area (Å²) in [5, 5.41) is 14.0. The van der Waals surface area contributed by atoms with Crippen molar-refractivity contribution in [2.24, 2.45) is 0 Å². The summed E-state index contributed by atoms with van der Waals surface area (Å²) in [6.45, 7) is 4.74. The van der Waals surface area contributed by atoms with Crippen molar-refractivity contribution in [1.29, 1.82) is 0 Å². The normalized spacial score (nSPS) is 14.8. The van der Waals surface area contributed by atoms with Crippen LogP contribution in [0.4, 0.5) is 0 Å². The van der Waals surface area contributed by atoms with Gasteiger partial charge in [-0.2, -0.15) is 0 Å². The van der Waals surface area contributed by atoms with Crippen LogP contribution in [-0.4, -0.2) is 73.4 Å². The first-order valence-electron chi connectivity index (χ1n) is 27.8. The van der Waals surface area contributed by atoms with E-state index in [1.165, 1.54) is 77.0 Å². The Kier molecular flexibility index (Phi) is 48.1. The number of likely N-dealkylation sites (N-methyl/N-ethyl adjacent to an activating group) is 1. The van der Waals surface area contributed by atoms with Gasteiger partial charge in [-0.3, -0.25) is 13.8 Å². The van der Waals surface area contributed by atoms with Crippen LogP contribution in [-0.2, 0) is 18.4 Å². The van der Waals surface area contributed by atoms with E-state index in [1.54, 1.807) is 0 Å². The van der Waals surface area contributed by atoms with Crippen LogP contribution in [0.25, 0.3) is 0 Å². The topological polar surface area (TPSA) is 105 Å². The second-order valence-electron chi connectivity index (χ2n) is 19.6. The lowest BCUT2D eigenvalue weighted by Crippen LogP contribution is -2.46. The number of nitrogens with one attached hydrogen (secondary N) is 1. The molecular weight excluding hydrogens is 876 g/mol. The van der Waals surface area contributed by atoms with Gasteiger partial charge in [-0.1, -0.05) is 232 Å². The third-order valence-electron chi connectivity index (χ3n) is 11.8. The smallest absolute Gasteiger partial charge is 0.391 e. The van der Waals surface area contributed by atoms with Gasteiger partial charge in [0.2, 0.25) is 5.91 Å². The maximum Gasteiger partial charge on any atom is 0.472 e. The number of phosphoric acid groups is 1. The number of aliphatic hydroxyl groups is 1. The predicted molar refractivity (Wildman–Crippen MR) is 299 cm³/mol. The second kappa shape index (κ2) is 50.1. The molecule has 0 heterocycles. The van der Waals surface area contributed by atoms with Crippen molar-refractivity contribution in [3.8, 4) is 0 Å². The zero-order valence-corrected chi connectivity index (χ0v) is 45.9. The van der Waals surface area contributed by atoms with Gasteiger partial charge in [0.1, 0.15) is 13.2 Å². The number of carbonyl (C=O) groups excluding carboxylic acids is 1. The number of hydrogen-bond donors (Lipinski definition) is 3. The minimum Gasteiger partial charge on any atom is -0.391 e. The standard InChI is InChI=1S/C60H105N2O6P/c1-6-8-10-12-14-16-18-20-21-22-23-24-25-26-27-28-29-30-31-32-33-34-35-36-37-38-39-40-41-42-44-46-48-50-52-54-60(64)61-58(57-68-69(65,66)67-56-55-62(3,4)5)59(63)53-51-49-47-45-43-19-17-15-13-11-9-7-2/h8,10,14,16,20-21,23-24,26-27,29-30,32-33,35-36,38-39,58-59,63H,6-7,9,11-13,15,17-19,22,25,28,31,34,37,40-57H2,1-5H3,(H-,61,64,65,66)/p+1/b10-8-,16-14-,21-20-,24-23-,27-26-,30-29-,33-32-,36-35-,39-38-. The number of nitrogens with zero attached hydrogens (tertiary/aromatic N) is 1. The number of phosphoric ester groups is 1. The van der Waals surface area contributed by atoms with E-state index in [0.29, 0.717) is 23.9 Å². The molecular formula is C60H106N2O6P+. The molecule has 0 bridgehead atoms. The Morgan fingerprint density at radius 3 is 1.28 bits per heavy atom. The van der Waals surface area contributed by atoms with Crippen molar-refractivity contribution in [2.75, 3.05) is 40.9 Å². The van der Waals surface area contributed by atoms with Gasteiger partial charge in [-0.15, -0.1) is 0 Å². The first-order chi connectivity index (χ1) is 33.5. The second-order valence-corrected chi connectivity index (χ2v) is 21.0. The lowest BCUT2D eigenvalue weighted by Gasteiger charge is -2.26. The van der Waals surface area contributed by atoms with Crippen LogP contribution in [0.5, 0.6) is 0 Å². The lowest BCUT2D eigenvalue weighted by atomic mass is 10.0. The van der Waals surface area contributed by atoms with Crippen LogP contribution in [0, 0.1) is 0 Å². The largest absolute Gasteiger partial charge is 0.472 e. The maximum atomic E-state index is 13.0. The van der Waals surface area contributed by atoms with E-state index in [2.05, 4.69) is 129 Å². The van der Waals surface area contributed by atoms with Crippen molar-refractivity contribution in [2.45, 2.75) is 225 Å². The van der Waals surface area contributed by atoms with Gasteiger partial charge in [0, 0.05) is 6.42 Å². The molecule has 0 aromatic heterocycles. The van der Waals surface area contributed by atoms with Crippen LogP contribution in [0.3, 0.4) is 0 Å². The van der Waals surface area contributed by atoms with Crippen molar-refractivity contribution in [1.82, 2.24) is 5.32 Å². The molecule has 0 radical (unpaired) electrons. The molecule has 0 aromatic carbocycles. The molecule has 0 aliphatic heterocycles. The van der Waals surface area contributed by atoms with Gasteiger partial charge in [0.25, 0.3) is 0 Å². The Morgan fingerprint density at radius 1 is 0.507 bits per heavy atom. The highest BCUT2D eigenvalue weighted by Crippen LogP contribution is 2.43. The van der Waals surface area contributed by atoms with Crippen molar-refractivity contribution >= 4 is 13.7 Å². The summed E-state index contributed by atoms with van der Waals surface area (Å²) >= 11 is 0. The summed E-state index contributed by atoms with van der Waals surface area (Å²) in [7, 11) is 1.59. The molecule has 8 nitrogen and oxygen atoms in total. The number of carbonyl (C=O) groups is 1. The Morgan fingerprint density at radius 2 is 0.870 bits per heavy atom. The molecule has 0 saturated heterocycles.